The van der Waals surface area contributed by atoms with Gasteiger partial charge in [0.2, 0.25) is 0 Å². The Hall–Kier alpha value is -1.56. The van der Waals surface area contributed by atoms with E-state index in [0.717, 1.165) is 11.5 Å². The van der Waals surface area contributed by atoms with Gasteiger partial charge in [0.15, 0.2) is 5.76 Å². The Kier molecular flexibility index (Phi) is 5.15. The summed E-state index contributed by atoms with van der Waals surface area (Å²) in [4.78, 5) is 11.3. The molecule has 1 aromatic heterocycles. The molecule has 1 aromatic rings. The molecule has 0 aromatic carbocycles. The summed E-state index contributed by atoms with van der Waals surface area (Å²) in [5, 5.41) is 9.57. The van der Waals surface area contributed by atoms with E-state index in [9.17, 15) is 4.79 Å². The Morgan fingerprint density at radius 3 is 2.72 bits per heavy atom. The average Bonchev–Trinajstić information content (AvgIpc) is 2.61. The molecular formula is C12H21N3O3. The largest absolute Gasteiger partial charge is 0.444 e. The average molecular weight is 255 g/mol. The molecule has 0 fully saturated rings. The highest BCUT2D eigenvalue weighted by Crippen LogP contribution is 2.06. The van der Waals surface area contributed by atoms with Crippen LogP contribution in [0.4, 0.5) is 4.79 Å². The predicted molar refractivity (Wildman–Crippen MR) is 67.2 cm³/mol. The first-order chi connectivity index (χ1) is 8.37. The second kappa shape index (κ2) is 6.39. The van der Waals surface area contributed by atoms with E-state index >= 15 is 0 Å². The molecule has 1 heterocycles. The molecule has 0 bridgehead atoms. The second-order valence-corrected chi connectivity index (χ2v) is 5.04. The summed E-state index contributed by atoms with van der Waals surface area (Å²) in [7, 11) is 0. The normalized spacial score (nSPS) is 11.3. The third kappa shape index (κ3) is 6.24. The SMILES string of the molecule is Cc1cc(CNCCNC(=O)OC(C)(C)C)on1. The van der Waals surface area contributed by atoms with Crippen LogP contribution in [0.2, 0.25) is 0 Å². The first-order valence-corrected chi connectivity index (χ1v) is 5.96. The van der Waals surface area contributed by atoms with Crippen molar-refractivity contribution < 1.29 is 14.1 Å². The van der Waals surface area contributed by atoms with Crippen molar-refractivity contribution in [2.24, 2.45) is 0 Å². The van der Waals surface area contributed by atoms with Crippen LogP contribution in [0.3, 0.4) is 0 Å². The molecule has 6 nitrogen and oxygen atoms in total. The van der Waals surface area contributed by atoms with Gasteiger partial charge in [0.25, 0.3) is 0 Å². The number of carbonyl (C=O) groups excluding carboxylic acids is 1. The van der Waals surface area contributed by atoms with Crippen LogP contribution < -0.4 is 10.6 Å². The Morgan fingerprint density at radius 1 is 1.44 bits per heavy atom. The van der Waals surface area contributed by atoms with E-state index in [2.05, 4.69) is 15.8 Å². The van der Waals surface area contributed by atoms with Gasteiger partial charge in [-0.2, -0.15) is 0 Å². The van der Waals surface area contributed by atoms with Crippen molar-refractivity contribution in [1.29, 1.82) is 0 Å². The van der Waals surface area contributed by atoms with Crippen LogP contribution in [0.25, 0.3) is 0 Å². The maximum absolute atomic E-state index is 11.3. The van der Waals surface area contributed by atoms with Gasteiger partial charge in [-0.05, 0) is 27.7 Å². The van der Waals surface area contributed by atoms with Gasteiger partial charge in [-0.1, -0.05) is 5.16 Å². The van der Waals surface area contributed by atoms with Crippen molar-refractivity contribution in [2.45, 2.75) is 39.8 Å². The van der Waals surface area contributed by atoms with Crippen LogP contribution in [0, 0.1) is 6.92 Å². The number of rotatable bonds is 5. The quantitative estimate of drug-likeness (QED) is 0.781. The topological polar surface area (TPSA) is 76.4 Å². The summed E-state index contributed by atoms with van der Waals surface area (Å²) >= 11 is 0. The van der Waals surface area contributed by atoms with E-state index < -0.39 is 11.7 Å². The number of nitrogens with one attached hydrogen (secondary N) is 2. The monoisotopic (exact) mass is 255 g/mol. The lowest BCUT2D eigenvalue weighted by Crippen LogP contribution is -2.36. The number of hydrogen-bond donors (Lipinski definition) is 2. The molecule has 0 atom stereocenters. The Labute approximate surface area is 107 Å². The molecule has 0 aliphatic heterocycles. The Bertz CT molecular complexity index is 382. The first-order valence-electron chi connectivity index (χ1n) is 5.96. The van der Waals surface area contributed by atoms with Gasteiger partial charge in [-0.25, -0.2) is 4.79 Å². The molecule has 1 rings (SSSR count). The number of alkyl carbamates (subject to hydrolysis) is 1. The van der Waals surface area contributed by atoms with E-state index in [1.54, 1.807) is 0 Å². The lowest BCUT2D eigenvalue weighted by atomic mass is 10.2. The summed E-state index contributed by atoms with van der Waals surface area (Å²) in [5.74, 6) is 0.782. The highest BCUT2D eigenvalue weighted by Gasteiger charge is 2.15. The zero-order chi connectivity index (χ0) is 13.6. The summed E-state index contributed by atoms with van der Waals surface area (Å²) < 4.78 is 10.1. The molecule has 0 unspecified atom stereocenters. The van der Waals surface area contributed by atoms with Crippen LogP contribution in [0.15, 0.2) is 10.6 Å². The van der Waals surface area contributed by atoms with Gasteiger partial charge in [0, 0.05) is 19.2 Å². The molecule has 1 amide bonds. The lowest BCUT2D eigenvalue weighted by molar-refractivity contribution is 0.0528. The summed E-state index contributed by atoms with van der Waals surface area (Å²) in [5.41, 5.74) is 0.396. The van der Waals surface area contributed by atoms with E-state index in [1.165, 1.54) is 0 Å². The molecule has 0 saturated carbocycles. The fourth-order valence-electron chi connectivity index (χ4n) is 1.28. The molecule has 6 heteroatoms. The van der Waals surface area contributed by atoms with Crippen LogP contribution >= 0.6 is 0 Å². The Morgan fingerprint density at radius 2 is 2.17 bits per heavy atom. The van der Waals surface area contributed by atoms with Gasteiger partial charge in [0.1, 0.15) is 5.60 Å². The van der Waals surface area contributed by atoms with Crippen LogP contribution in [-0.2, 0) is 11.3 Å². The molecule has 2 N–H and O–H groups in total. The summed E-state index contributed by atoms with van der Waals surface area (Å²) in [6.07, 6.45) is -0.403. The maximum Gasteiger partial charge on any atom is 0.407 e. The number of hydrogen-bond acceptors (Lipinski definition) is 5. The minimum absolute atomic E-state index is 0.403. The molecule has 18 heavy (non-hydrogen) atoms. The highest BCUT2D eigenvalue weighted by atomic mass is 16.6. The van der Waals surface area contributed by atoms with Gasteiger partial charge in [-0.3, -0.25) is 0 Å². The summed E-state index contributed by atoms with van der Waals surface area (Å²) in [6, 6.07) is 1.87. The van der Waals surface area contributed by atoms with Crippen molar-refractivity contribution >= 4 is 6.09 Å². The van der Waals surface area contributed by atoms with E-state index in [0.29, 0.717) is 19.6 Å². The fourth-order valence-corrected chi connectivity index (χ4v) is 1.28. The number of aromatic nitrogens is 1. The fraction of sp³-hybridized carbons (Fsp3) is 0.667. The smallest absolute Gasteiger partial charge is 0.407 e. The molecule has 0 saturated heterocycles. The number of amides is 1. The number of carbonyl (C=O) groups is 1. The third-order valence-corrected chi connectivity index (χ3v) is 1.95. The van der Waals surface area contributed by atoms with Crippen molar-refractivity contribution in [2.75, 3.05) is 13.1 Å². The van der Waals surface area contributed by atoms with E-state index in [-0.39, 0.29) is 0 Å². The van der Waals surface area contributed by atoms with Crippen molar-refractivity contribution in [1.82, 2.24) is 15.8 Å². The first kappa shape index (κ1) is 14.5. The lowest BCUT2D eigenvalue weighted by Gasteiger charge is -2.19. The van der Waals surface area contributed by atoms with E-state index in [4.69, 9.17) is 9.26 Å². The van der Waals surface area contributed by atoms with E-state index in [1.807, 2.05) is 33.8 Å². The second-order valence-electron chi connectivity index (χ2n) is 5.04. The van der Waals surface area contributed by atoms with Gasteiger partial charge >= 0.3 is 6.09 Å². The van der Waals surface area contributed by atoms with Gasteiger partial charge in [0.05, 0.1) is 12.2 Å². The zero-order valence-corrected chi connectivity index (χ0v) is 11.4. The molecule has 0 spiro atoms. The van der Waals surface area contributed by atoms with Crippen molar-refractivity contribution in [3.63, 3.8) is 0 Å². The number of aryl methyl sites for hydroxylation is 1. The molecule has 102 valence electrons. The van der Waals surface area contributed by atoms with Crippen LogP contribution in [0.5, 0.6) is 0 Å². The minimum Gasteiger partial charge on any atom is -0.444 e. The number of ether oxygens (including phenoxy) is 1. The third-order valence-electron chi connectivity index (χ3n) is 1.95. The predicted octanol–water partition coefficient (Wildman–Crippen LogP) is 1.60. The van der Waals surface area contributed by atoms with Gasteiger partial charge < -0.3 is 19.9 Å². The van der Waals surface area contributed by atoms with Gasteiger partial charge in [-0.15, -0.1) is 0 Å². The zero-order valence-electron chi connectivity index (χ0n) is 11.4. The standard InChI is InChI=1S/C12H21N3O3/c1-9-7-10(18-15-9)8-13-5-6-14-11(16)17-12(2,3)4/h7,13H,5-6,8H2,1-4H3,(H,14,16). The minimum atomic E-state index is -0.463. The summed E-state index contributed by atoms with van der Waals surface area (Å²) in [6.45, 7) is 9.10. The number of nitrogens with zero attached hydrogens (tertiary/aromatic N) is 1. The molecular weight excluding hydrogens is 234 g/mol. The van der Waals surface area contributed by atoms with Crippen molar-refractivity contribution in [3.05, 3.63) is 17.5 Å². The van der Waals surface area contributed by atoms with Crippen LogP contribution in [0.1, 0.15) is 32.2 Å². The maximum atomic E-state index is 11.3. The Balaban J connectivity index is 2.07. The van der Waals surface area contributed by atoms with Crippen LogP contribution in [-0.4, -0.2) is 29.9 Å². The highest BCUT2D eigenvalue weighted by molar-refractivity contribution is 5.67. The molecule has 0 radical (unpaired) electrons. The molecule has 0 aliphatic rings. The van der Waals surface area contributed by atoms with Crippen molar-refractivity contribution in [3.8, 4) is 0 Å². The molecule has 0 aliphatic carbocycles.